The van der Waals surface area contributed by atoms with Crippen LogP contribution >= 0.6 is 0 Å². The van der Waals surface area contributed by atoms with Gasteiger partial charge in [0.15, 0.2) is 0 Å². The van der Waals surface area contributed by atoms with Crippen molar-refractivity contribution in [2.45, 2.75) is 13.3 Å². The zero-order chi connectivity index (χ0) is 14.1. The minimum atomic E-state index is -0.331. The van der Waals surface area contributed by atoms with Crippen molar-refractivity contribution < 1.29 is 9.53 Å². The maximum absolute atomic E-state index is 12.0. The van der Waals surface area contributed by atoms with Gasteiger partial charge in [0, 0.05) is 17.6 Å². The van der Waals surface area contributed by atoms with E-state index in [0.717, 1.165) is 5.56 Å². The summed E-state index contributed by atoms with van der Waals surface area (Å²) in [5, 5.41) is 5.47. The first-order valence-corrected chi connectivity index (χ1v) is 6.42. The van der Waals surface area contributed by atoms with Gasteiger partial charge in [-0.3, -0.25) is 15.0 Å². The molecule has 0 unspecified atom stereocenters. The van der Waals surface area contributed by atoms with Crippen LogP contribution < -0.4 is 5.56 Å². The van der Waals surface area contributed by atoms with Crippen molar-refractivity contribution in [3.63, 3.8) is 0 Å². The van der Waals surface area contributed by atoms with Gasteiger partial charge in [-0.1, -0.05) is 30.3 Å². The number of aromatic amines is 2. The lowest BCUT2D eigenvalue weighted by Gasteiger charge is -2.04. The van der Waals surface area contributed by atoms with E-state index in [9.17, 15) is 9.59 Å². The molecule has 1 aromatic carbocycles. The topological polar surface area (TPSA) is 75.0 Å². The average molecular weight is 270 g/mol. The number of allylic oxidation sites excluding steroid dienone is 1. The van der Waals surface area contributed by atoms with Gasteiger partial charge in [-0.15, -0.1) is 0 Å². The number of carbonyl (C=O) groups is 1. The van der Waals surface area contributed by atoms with Crippen LogP contribution in [-0.4, -0.2) is 22.8 Å². The molecule has 0 atom stereocenters. The molecule has 102 valence electrons. The lowest BCUT2D eigenvalue weighted by molar-refractivity contribution is -0.135. The van der Waals surface area contributed by atoms with Crippen molar-refractivity contribution in [3.8, 4) is 11.3 Å². The summed E-state index contributed by atoms with van der Waals surface area (Å²) in [6.45, 7) is 2.17. The molecule has 1 aromatic heterocycles. The molecule has 2 heterocycles. The van der Waals surface area contributed by atoms with Gasteiger partial charge in [0.1, 0.15) is 0 Å². The van der Waals surface area contributed by atoms with E-state index in [2.05, 4.69) is 10.2 Å². The molecule has 0 bridgehead atoms. The Morgan fingerprint density at radius 3 is 2.55 bits per heavy atom. The van der Waals surface area contributed by atoms with E-state index in [1.165, 1.54) is 0 Å². The summed E-state index contributed by atoms with van der Waals surface area (Å²) in [4.78, 5) is 23.7. The maximum atomic E-state index is 12.0. The van der Waals surface area contributed by atoms with Crippen LogP contribution in [-0.2, 0) is 9.53 Å². The third-order valence-electron chi connectivity index (χ3n) is 3.50. The number of aromatic nitrogens is 2. The van der Waals surface area contributed by atoms with E-state index in [1.807, 2.05) is 30.3 Å². The van der Waals surface area contributed by atoms with E-state index in [0.29, 0.717) is 35.4 Å². The van der Waals surface area contributed by atoms with Crippen LogP contribution in [0.5, 0.6) is 0 Å². The van der Waals surface area contributed by atoms with Crippen molar-refractivity contribution in [3.05, 3.63) is 51.8 Å². The van der Waals surface area contributed by atoms with Gasteiger partial charge in [-0.2, -0.15) is 0 Å². The SMILES string of the molecule is C/C(=C1\CCOC1=O)c1c(-c2ccccc2)[nH][nH]c1=O. The van der Waals surface area contributed by atoms with Crippen LogP contribution in [0.4, 0.5) is 0 Å². The summed E-state index contributed by atoms with van der Waals surface area (Å²) < 4.78 is 4.95. The number of H-pyrrole nitrogens is 2. The highest BCUT2D eigenvalue weighted by molar-refractivity contribution is 6.00. The van der Waals surface area contributed by atoms with Gasteiger partial charge in [-0.05, 0) is 12.5 Å². The predicted molar refractivity (Wildman–Crippen MR) is 75.0 cm³/mol. The highest BCUT2D eigenvalue weighted by atomic mass is 16.5. The minimum absolute atomic E-state index is 0.228. The molecule has 3 rings (SSSR count). The zero-order valence-corrected chi connectivity index (χ0v) is 11.0. The summed E-state index contributed by atoms with van der Waals surface area (Å²) in [6, 6.07) is 9.53. The zero-order valence-electron chi connectivity index (χ0n) is 11.0. The lowest BCUT2D eigenvalue weighted by Crippen LogP contribution is -2.07. The van der Waals surface area contributed by atoms with Crippen molar-refractivity contribution in [2.75, 3.05) is 6.61 Å². The number of nitrogens with one attached hydrogen (secondary N) is 2. The first kappa shape index (κ1) is 12.5. The van der Waals surface area contributed by atoms with Crippen LogP contribution in [0.15, 0.2) is 40.7 Å². The third-order valence-corrected chi connectivity index (χ3v) is 3.50. The van der Waals surface area contributed by atoms with Gasteiger partial charge in [-0.25, -0.2) is 4.79 Å². The van der Waals surface area contributed by atoms with Crippen LogP contribution in [0.2, 0.25) is 0 Å². The predicted octanol–water partition coefficient (Wildman–Crippen LogP) is 2.09. The fourth-order valence-corrected chi connectivity index (χ4v) is 2.46. The first-order valence-electron chi connectivity index (χ1n) is 6.42. The molecule has 0 radical (unpaired) electrons. The van der Waals surface area contributed by atoms with E-state index in [4.69, 9.17) is 4.74 Å². The second-order valence-corrected chi connectivity index (χ2v) is 4.68. The van der Waals surface area contributed by atoms with Crippen LogP contribution in [0.1, 0.15) is 18.9 Å². The Hall–Kier alpha value is -2.56. The van der Waals surface area contributed by atoms with E-state index >= 15 is 0 Å². The van der Waals surface area contributed by atoms with Crippen molar-refractivity contribution in [2.24, 2.45) is 0 Å². The summed E-state index contributed by atoms with van der Waals surface area (Å²) in [6.07, 6.45) is 0.545. The van der Waals surface area contributed by atoms with Crippen LogP contribution in [0, 0.1) is 0 Å². The molecule has 2 aromatic rings. The summed E-state index contributed by atoms with van der Waals surface area (Å²) >= 11 is 0. The monoisotopic (exact) mass is 270 g/mol. The molecule has 0 aliphatic carbocycles. The highest BCUT2D eigenvalue weighted by Crippen LogP contribution is 2.29. The molecule has 2 N–H and O–H groups in total. The molecule has 1 fully saturated rings. The number of carbonyl (C=O) groups excluding carboxylic acids is 1. The second kappa shape index (κ2) is 4.85. The van der Waals surface area contributed by atoms with Gasteiger partial charge in [0.2, 0.25) is 0 Å². The minimum Gasteiger partial charge on any atom is -0.462 e. The number of benzene rings is 1. The molecular formula is C15H14N2O3. The molecule has 5 nitrogen and oxygen atoms in total. The molecule has 20 heavy (non-hydrogen) atoms. The van der Waals surface area contributed by atoms with Gasteiger partial charge in [0.25, 0.3) is 5.56 Å². The van der Waals surface area contributed by atoms with Crippen molar-refractivity contribution in [1.29, 1.82) is 0 Å². The summed E-state index contributed by atoms with van der Waals surface area (Å²) in [5.41, 5.74) is 3.12. The number of rotatable bonds is 2. The van der Waals surface area contributed by atoms with Gasteiger partial charge >= 0.3 is 5.97 Å². The Balaban J connectivity index is 2.18. The lowest BCUT2D eigenvalue weighted by atomic mass is 9.98. The van der Waals surface area contributed by atoms with Crippen molar-refractivity contribution in [1.82, 2.24) is 10.2 Å². The Morgan fingerprint density at radius 2 is 1.90 bits per heavy atom. The fourth-order valence-electron chi connectivity index (χ4n) is 2.46. The average Bonchev–Trinajstić information content (AvgIpc) is 3.05. The molecule has 1 aliphatic heterocycles. The quantitative estimate of drug-likeness (QED) is 0.648. The third kappa shape index (κ3) is 1.97. The second-order valence-electron chi connectivity index (χ2n) is 4.68. The Bertz CT molecular complexity index is 738. The van der Waals surface area contributed by atoms with Crippen LogP contribution in [0.3, 0.4) is 0 Å². The van der Waals surface area contributed by atoms with Gasteiger partial charge in [0.05, 0.1) is 17.9 Å². The van der Waals surface area contributed by atoms with Gasteiger partial charge < -0.3 is 4.74 Å². The number of hydrogen-bond acceptors (Lipinski definition) is 3. The normalized spacial score (nSPS) is 17.1. The summed E-state index contributed by atoms with van der Waals surface area (Å²) in [5.74, 6) is -0.331. The van der Waals surface area contributed by atoms with Crippen LogP contribution in [0.25, 0.3) is 16.8 Å². The molecule has 0 saturated carbocycles. The van der Waals surface area contributed by atoms with Crippen molar-refractivity contribution >= 4 is 11.5 Å². The Morgan fingerprint density at radius 1 is 1.15 bits per heavy atom. The highest BCUT2D eigenvalue weighted by Gasteiger charge is 2.25. The molecule has 0 spiro atoms. The largest absolute Gasteiger partial charge is 0.462 e. The Labute approximate surface area is 115 Å². The fraction of sp³-hybridized carbons (Fsp3) is 0.200. The summed E-state index contributed by atoms with van der Waals surface area (Å²) in [7, 11) is 0. The molecule has 1 aliphatic rings. The number of cyclic esters (lactones) is 1. The standard InChI is InChI=1S/C15H14N2O3/c1-9(11-7-8-20-15(11)19)12-13(16-17-14(12)18)10-5-3-2-4-6-10/h2-6H,7-8H2,1H3,(H2,16,17,18)/b11-9-. The molecule has 5 heteroatoms. The Kier molecular flexibility index (Phi) is 3.02. The smallest absolute Gasteiger partial charge is 0.334 e. The maximum Gasteiger partial charge on any atom is 0.334 e. The number of hydrogen-bond donors (Lipinski definition) is 2. The molecule has 0 amide bonds. The number of ether oxygens (including phenoxy) is 1. The van der Waals surface area contributed by atoms with E-state index in [-0.39, 0.29) is 11.5 Å². The molecular weight excluding hydrogens is 256 g/mol. The van der Waals surface area contributed by atoms with E-state index < -0.39 is 0 Å². The molecule has 1 saturated heterocycles. The number of esters is 1. The first-order chi connectivity index (χ1) is 9.68. The van der Waals surface area contributed by atoms with E-state index in [1.54, 1.807) is 6.92 Å².